The maximum Gasteiger partial charge on any atom is 0.455 e. The molecule has 16 nitrogen and oxygen atoms in total. The van der Waals surface area contributed by atoms with Crippen LogP contribution in [0.25, 0.3) is 0 Å². The largest absolute Gasteiger partial charge is 0.486 e. The molecule has 8 N–H and O–H groups in total. The number of aliphatic carboxylic acids is 1. The van der Waals surface area contributed by atoms with E-state index < -0.39 is 97.1 Å². The van der Waals surface area contributed by atoms with Gasteiger partial charge in [-0.3, -0.25) is 24.0 Å². The van der Waals surface area contributed by atoms with Crippen LogP contribution in [-0.4, -0.2) is 115 Å². The second kappa shape index (κ2) is 17.9. The maximum absolute atomic E-state index is 14.2. The molecule has 50 heavy (non-hydrogen) atoms. The molecule has 0 radical (unpaired) electrons. The number of hydrogen-bond acceptors (Lipinski definition) is 10. The summed E-state index contributed by atoms with van der Waals surface area (Å²) in [7, 11) is 0. The molecule has 1 aromatic rings. The van der Waals surface area contributed by atoms with Crippen LogP contribution in [0, 0.1) is 5.82 Å². The van der Waals surface area contributed by atoms with Crippen LogP contribution in [0.2, 0.25) is 0 Å². The normalized spacial score (nSPS) is 17.7. The van der Waals surface area contributed by atoms with Gasteiger partial charge in [-0.15, -0.1) is 12.4 Å². The quantitative estimate of drug-likeness (QED) is 0.0712. The number of hydrogen-bond donors (Lipinski definition) is 7. The maximum atomic E-state index is 14.2. The molecule has 4 atom stereocenters. The number of amides is 5. The van der Waals surface area contributed by atoms with Crippen LogP contribution in [0.15, 0.2) is 18.2 Å². The Balaban J connectivity index is 0.0000125. The molecule has 0 spiro atoms. The molecule has 5 amide bonds. The zero-order valence-electron chi connectivity index (χ0n) is 26.3. The fourth-order valence-corrected chi connectivity index (χ4v) is 3.96. The minimum atomic E-state index is -6.05. The second-order valence-corrected chi connectivity index (χ2v) is 10.7. The number of benzene rings is 1. The van der Waals surface area contributed by atoms with Gasteiger partial charge >= 0.3 is 24.2 Å². The lowest BCUT2D eigenvalue weighted by molar-refractivity contribution is -0.278. The number of ether oxygens (including phenoxy) is 2. The molecule has 0 unspecified atom stereocenters. The van der Waals surface area contributed by atoms with Crippen LogP contribution in [-0.2, 0) is 28.7 Å². The van der Waals surface area contributed by atoms with Crippen molar-refractivity contribution >= 4 is 53.8 Å². The molecule has 0 bridgehead atoms. The van der Waals surface area contributed by atoms with Gasteiger partial charge in [0.05, 0.1) is 18.8 Å². The number of carboxylic acids is 1. The van der Waals surface area contributed by atoms with Crippen LogP contribution in [0.3, 0.4) is 0 Å². The smallest absolute Gasteiger partial charge is 0.455 e. The summed E-state index contributed by atoms with van der Waals surface area (Å²) < 4.78 is 88.7. The molecule has 282 valence electrons. The number of carboxylic acid groups (broad SMARTS) is 1. The number of halogens is 7. The van der Waals surface area contributed by atoms with Crippen LogP contribution in [0.4, 0.5) is 36.8 Å². The highest BCUT2D eigenvalue weighted by Gasteiger charge is 2.58. The van der Waals surface area contributed by atoms with E-state index in [9.17, 15) is 60.2 Å². The van der Waals surface area contributed by atoms with Crippen molar-refractivity contribution < 1.29 is 74.8 Å². The number of alkyl halides is 5. The summed E-state index contributed by atoms with van der Waals surface area (Å²) in [5.74, 6) is -12.8. The van der Waals surface area contributed by atoms with Crippen LogP contribution in [0.5, 0.6) is 5.75 Å². The lowest BCUT2D eigenvalue weighted by Crippen LogP contribution is -2.63. The van der Waals surface area contributed by atoms with Gasteiger partial charge in [-0.05, 0) is 32.4 Å². The van der Waals surface area contributed by atoms with Crippen molar-refractivity contribution in [2.45, 2.75) is 62.6 Å². The molecule has 0 fully saturated rings. The number of anilines is 1. The number of aliphatic hydroxyl groups is 1. The van der Waals surface area contributed by atoms with Crippen molar-refractivity contribution in [3.63, 3.8) is 0 Å². The first-order valence-electron chi connectivity index (χ1n) is 14.3. The van der Waals surface area contributed by atoms with E-state index in [1.54, 1.807) is 0 Å². The van der Waals surface area contributed by atoms with Crippen LogP contribution in [0.1, 0.15) is 26.7 Å². The first kappa shape index (κ1) is 43.5. The number of nitrogens with one attached hydrogen (secondary N) is 4. The average molecular weight is 753 g/mol. The molecule has 2 rings (SSSR count). The Hall–Kier alpha value is -4.57. The third-order valence-corrected chi connectivity index (χ3v) is 6.85. The summed E-state index contributed by atoms with van der Waals surface area (Å²) in [4.78, 5) is 74.1. The summed E-state index contributed by atoms with van der Waals surface area (Å²) in [6.07, 6.45) is -8.67. The Morgan fingerprint density at radius 2 is 1.68 bits per heavy atom. The number of carbonyl (C=O) groups excluding carboxylic acids is 5. The molecule has 23 heteroatoms. The van der Waals surface area contributed by atoms with E-state index in [1.807, 2.05) is 5.32 Å². The van der Waals surface area contributed by atoms with E-state index in [0.717, 1.165) is 28.4 Å². The Morgan fingerprint density at radius 3 is 2.28 bits per heavy atom. The third-order valence-electron chi connectivity index (χ3n) is 6.85. The molecular formula is C27H35ClF6N6O10. The van der Waals surface area contributed by atoms with Gasteiger partial charge in [0.1, 0.15) is 36.4 Å². The van der Waals surface area contributed by atoms with Crippen molar-refractivity contribution in [1.82, 2.24) is 21.3 Å². The average Bonchev–Trinajstić information content (AvgIpc) is 3.09. The van der Waals surface area contributed by atoms with E-state index in [1.165, 1.54) is 6.92 Å². The Kier molecular flexibility index (Phi) is 15.6. The molecule has 1 aliphatic rings. The van der Waals surface area contributed by atoms with Gasteiger partial charge < -0.3 is 51.6 Å². The number of alkyl carbamates (subject to hydrolysis) is 1. The molecule has 0 saturated carbocycles. The number of nitrogens with two attached hydrogens (primary N) is 1. The van der Waals surface area contributed by atoms with Crippen molar-refractivity contribution in [1.29, 1.82) is 0 Å². The Morgan fingerprint density at radius 1 is 1.06 bits per heavy atom. The van der Waals surface area contributed by atoms with E-state index in [-0.39, 0.29) is 49.8 Å². The summed E-state index contributed by atoms with van der Waals surface area (Å²) in [6.45, 7) is -1.82. The van der Waals surface area contributed by atoms with Gasteiger partial charge in [0.2, 0.25) is 11.5 Å². The summed E-state index contributed by atoms with van der Waals surface area (Å²) in [5, 5.41) is 27.0. The van der Waals surface area contributed by atoms with E-state index in [2.05, 4.69) is 10.6 Å². The topological polar surface area (TPSA) is 239 Å². The standard InChI is InChI=1S/C27H34F6N6O10.ClH/c1-13-19(38-23(45)25(2,47)22(44)37-12-26(29,30)27(31,32)33)20(41)39(16-11-14(28)3-5-17(16)49-13)9-10-48-24(46)36-8-7-35-18(40)6-4-15(34)21(42)43;/h3,5,11,13,15,19,47H,4,6-10,12,34H2,1-2H3,(H,35,40)(H,36,46)(H,37,44)(H,38,45)(H,42,43);1H/t13-,15+,19+,25+;/m1./s1. The van der Waals surface area contributed by atoms with Crippen molar-refractivity contribution in [3.05, 3.63) is 24.0 Å². The van der Waals surface area contributed by atoms with Crippen molar-refractivity contribution in [2.75, 3.05) is 37.7 Å². The van der Waals surface area contributed by atoms with Gasteiger partial charge in [0.15, 0.2) is 0 Å². The first-order valence-corrected chi connectivity index (χ1v) is 14.3. The zero-order chi connectivity index (χ0) is 37.3. The Labute approximate surface area is 285 Å². The first-order chi connectivity index (χ1) is 22.6. The number of nitrogens with zero attached hydrogens (tertiary/aromatic N) is 1. The van der Waals surface area contributed by atoms with Crippen molar-refractivity contribution in [2.24, 2.45) is 5.73 Å². The SMILES string of the molecule is C[C@H]1Oc2ccc(F)cc2N(CCOC(=O)NCCNC(=O)CC[C@H](N)C(=O)O)C(=O)[C@H]1NC(=O)[C@@](C)(O)C(=O)NCC(F)(F)C(F)(F)F.Cl. The highest BCUT2D eigenvalue weighted by atomic mass is 35.5. The van der Waals surface area contributed by atoms with Crippen LogP contribution >= 0.6 is 12.4 Å². The van der Waals surface area contributed by atoms with Gasteiger partial charge in [0, 0.05) is 25.6 Å². The number of fused-ring (bicyclic) bond motifs is 1. The lowest BCUT2D eigenvalue weighted by Gasteiger charge is -2.29. The second-order valence-electron chi connectivity index (χ2n) is 10.7. The van der Waals surface area contributed by atoms with E-state index in [0.29, 0.717) is 6.92 Å². The summed E-state index contributed by atoms with van der Waals surface area (Å²) in [6, 6.07) is -0.0174. The fraction of sp³-hybridized carbons (Fsp3) is 0.556. The predicted molar refractivity (Wildman–Crippen MR) is 160 cm³/mol. The summed E-state index contributed by atoms with van der Waals surface area (Å²) >= 11 is 0. The third kappa shape index (κ3) is 11.8. The van der Waals surface area contributed by atoms with Gasteiger partial charge in [-0.2, -0.15) is 22.0 Å². The molecule has 0 saturated heterocycles. The number of carbonyl (C=O) groups is 6. The molecular weight excluding hydrogens is 718 g/mol. The van der Waals surface area contributed by atoms with E-state index in [4.69, 9.17) is 20.3 Å². The minimum absolute atomic E-state index is 0. The van der Waals surface area contributed by atoms with Gasteiger partial charge in [0.25, 0.3) is 17.7 Å². The van der Waals surface area contributed by atoms with E-state index >= 15 is 0 Å². The molecule has 0 aliphatic carbocycles. The highest BCUT2D eigenvalue weighted by molar-refractivity contribution is 6.10. The van der Waals surface area contributed by atoms with Gasteiger partial charge in [-0.25, -0.2) is 9.18 Å². The lowest BCUT2D eigenvalue weighted by atomic mass is 10.0. The fourth-order valence-electron chi connectivity index (χ4n) is 3.96. The molecule has 0 aromatic heterocycles. The monoisotopic (exact) mass is 752 g/mol. The Bertz CT molecular complexity index is 1420. The predicted octanol–water partition coefficient (Wildman–Crippen LogP) is -0.0545. The summed E-state index contributed by atoms with van der Waals surface area (Å²) in [5.41, 5.74) is 1.84. The number of rotatable bonds is 15. The van der Waals surface area contributed by atoms with Crippen molar-refractivity contribution in [3.8, 4) is 5.75 Å². The molecule has 1 aromatic carbocycles. The zero-order valence-corrected chi connectivity index (χ0v) is 27.1. The highest BCUT2D eigenvalue weighted by Crippen LogP contribution is 2.35. The minimum Gasteiger partial charge on any atom is -0.486 e. The van der Waals surface area contributed by atoms with Crippen LogP contribution < -0.4 is 36.6 Å². The van der Waals surface area contributed by atoms with Gasteiger partial charge in [-0.1, -0.05) is 0 Å². The molecule has 1 aliphatic heterocycles. The molecule has 1 heterocycles.